The molecular formula is C17H17N3O3S2. The van der Waals surface area contributed by atoms with Crippen LogP contribution in [0, 0.1) is 0 Å². The highest BCUT2D eigenvalue weighted by Crippen LogP contribution is 2.22. The van der Waals surface area contributed by atoms with Crippen molar-refractivity contribution in [2.75, 3.05) is 16.9 Å². The summed E-state index contributed by atoms with van der Waals surface area (Å²) in [7, 11) is 0. The lowest BCUT2D eigenvalue weighted by atomic mass is 10.2. The number of para-hydroxylation sites is 1. The van der Waals surface area contributed by atoms with Gasteiger partial charge in [-0.15, -0.1) is 10.2 Å². The Morgan fingerprint density at radius 2 is 2.00 bits per heavy atom. The standard InChI is InChI=1S/C17H17N3O3S2/c1-24-11-15-18-19-17(23-15)25-12-16(21)20(10-14-8-5-9-22-14)13-6-3-2-4-7-13/h2-9H,10-12H2,1H3. The number of rotatable bonds is 8. The van der Waals surface area contributed by atoms with E-state index in [-0.39, 0.29) is 11.7 Å². The molecule has 2 aromatic heterocycles. The maximum atomic E-state index is 12.7. The van der Waals surface area contributed by atoms with Crippen molar-refractivity contribution in [3.63, 3.8) is 0 Å². The molecule has 0 unspecified atom stereocenters. The topological polar surface area (TPSA) is 72.4 Å². The molecule has 0 bridgehead atoms. The van der Waals surface area contributed by atoms with Crippen molar-refractivity contribution in [1.29, 1.82) is 0 Å². The fraction of sp³-hybridized carbons (Fsp3) is 0.235. The number of carbonyl (C=O) groups is 1. The lowest BCUT2D eigenvalue weighted by Gasteiger charge is -2.21. The number of thioether (sulfide) groups is 2. The third-order valence-corrected chi connectivity index (χ3v) is 4.64. The highest BCUT2D eigenvalue weighted by Gasteiger charge is 2.19. The lowest BCUT2D eigenvalue weighted by Crippen LogP contribution is -2.31. The van der Waals surface area contributed by atoms with E-state index in [0.29, 0.717) is 23.4 Å². The van der Waals surface area contributed by atoms with Gasteiger partial charge in [0, 0.05) is 5.69 Å². The second-order valence-corrected chi connectivity index (χ2v) is 6.87. The number of carbonyl (C=O) groups excluding carboxylic acids is 1. The smallest absolute Gasteiger partial charge is 0.277 e. The summed E-state index contributed by atoms with van der Waals surface area (Å²) < 4.78 is 10.9. The first-order valence-corrected chi connectivity index (χ1v) is 9.96. The molecule has 6 nitrogen and oxygen atoms in total. The van der Waals surface area contributed by atoms with E-state index >= 15 is 0 Å². The van der Waals surface area contributed by atoms with Gasteiger partial charge >= 0.3 is 0 Å². The Bertz CT molecular complexity index is 791. The van der Waals surface area contributed by atoms with Gasteiger partial charge in [-0.05, 0) is 30.5 Å². The zero-order chi connectivity index (χ0) is 17.5. The lowest BCUT2D eigenvalue weighted by molar-refractivity contribution is -0.116. The number of benzene rings is 1. The number of furan rings is 1. The van der Waals surface area contributed by atoms with Gasteiger partial charge < -0.3 is 13.7 Å². The molecule has 25 heavy (non-hydrogen) atoms. The van der Waals surface area contributed by atoms with Crippen LogP contribution in [0.15, 0.2) is 62.8 Å². The van der Waals surface area contributed by atoms with E-state index in [0.717, 1.165) is 11.4 Å². The molecule has 0 saturated carbocycles. The summed E-state index contributed by atoms with van der Waals surface area (Å²) in [6.45, 7) is 0.373. The normalized spacial score (nSPS) is 10.8. The third-order valence-electron chi connectivity index (χ3n) is 3.30. The molecule has 2 heterocycles. The Morgan fingerprint density at radius 1 is 1.16 bits per heavy atom. The van der Waals surface area contributed by atoms with E-state index in [1.54, 1.807) is 22.9 Å². The van der Waals surface area contributed by atoms with Crippen LogP contribution in [0.4, 0.5) is 5.69 Å². The average Bonchev–Trinajstić information content (AvgIpc) is 3.30. The Labute approximate surface area is 154 Å². The Kier molecular flexibility index (Phi) is 6.19. The predicted molar refractivity (Wildman–Crippen MR) is 98.6 cm³/mol. The zero-order valence-electron chi connectivity index (χ0n) is 13.6. The van der Waals surface area contributed by atoms with Crippen LogP contribution in [0.25, 0.3) is 0 Å². The van der Waals surface area contributed by atoms with Crippen LogP contribution in [-0.4, -0.2) is 28.1 Å². The molecular weight excluding hydrogens is 358 g/mol. The molecule has 8 heteroatoms. The monoisotopic (exact) mass is 375 g/mol. The Morgan fingerprint density at radius 3 is 2.72 bits per heavy atom. The number of anilines is 1. The van der Waals surface area contributed by atoms with Crippen molar-refractivity contribution < 1.29 is 13.6 Å². The minimum atomic E-state index is -0.0581. The van der Waals surface area contributed by atoms with E-state index in [1.807, 2.05) is 48.7 Å². The summed E-state index contributed by atoms with van der Waals surface area (Å²) in [6.07, 6.45) is 3.57. The first-order chi connectivity index (χ1) is 12.3. The minimum absolute atomic E-state index is 0.0581. The zero-order valence-corrected chi connectivity index (χ0v) is 15.3. The quantitative estimate of drug-likeness (QED) is 0.554. The van der Waals surface area contributed by atoms with E-state index in [1.165, 1.54) is 11.8 Å². The van der Waals surface area contributed by atoms with Gasteiger partial charge in [-0.25, -0.2) is 0 Å². The minimum Gasteiger partial charge on any atom is -0.467 e. The molecule has 0 saturated heterocycles. The van der Waals surface area contributed by atoms with Gasteiger partial charge in [0.1, 0.15) is 5.76 Å². The third kappa shape index (κ3) is 4.90. The second kappa shape index (κ2) is 8.77. The number of aromatic nitrogens is 2. The molecule has 0 aliphatic heterocycles. The van der Waals surface area contributed by atoms with Gasteiger partial charge in [0.2, 0.25) is 11.8 Å². The average molecular weight is 375 g/mol. The molecule has 0 atom stereocenters. The fourth-order valence-corrected chi connectivity index (χ4v) is 3.19. The molecule has 1 amide bonds. The van der Waals surface area contributed by atoms with Crippen LogP contribution in [0.3, 0.4) is 0 Å². The summed E-state index contributed by atoms with van der Waals surface area (Å²) in [5, 5.41) is 8.31. The van der Waals surface area contributed by atoms with Crippen molar-refractivity contribution in [2.45, 2.75) is 17.5 Å². The summed E-state index contributed by atoms with van der Waals surface area (Å²) in [5.74, 6) is 2.10. The summed E-state index contributed by atoms with van der Waals surface area (Å²) in [4.78, 5) is 14.4. The van der Waals surface area contributed by atoms with E-state index in [2.05, 4.69) is 10.2 Å². The van der Waals surface area contributed by atoms with Gasteiger partial charge in [0.25, 0.3) is 5.22 Å². The fourth-order valence-electron chi connectivity index (χ4n) is 2.17. The SMILES string of the molecule is CSCc1nnc(SCC(=O)N(Cc2ccco2)c2ccccc2)o1. The number of amides is 1. The summed E-state index contributed by atoms with van der Waals surface area (Å²) in [5.41, 5.74) is 0.818. The van der Waals surface area contributed by atoms with E-state index in [9.17, 15) is 4.79 Å². The van der Waals surface area contributed by atoms with Crippen LogP contribution in [0.2, 0.25) is 0 Å². The maximum Gasteiger partial charge on any atom is 0.277 e. The molecule has 0 aliphatic rings. The molecule has 0 aliphatic carbocycles. The first-order valence-electron chi connectivity index (χ1n) is 7.58. The molecule has 0 radical (unpaired) electrons. The van der Waals surface area contributed by atoms with Crippen LogP contribution in [0.5, 0.6) is 0 Å². The van der Waals surface area contributed by atoms with Crippen molar-refractivity contribution in [2.24, 2.45) is 0 Å². The van der Waals surface area contributed by atoms with Crippen molar-refractivity contribution in [3.8, 4) is 0 Å². The van der Waals surface area contributed by atoms with Crippen LogP contribution in [0.1, 0.15) is 11.7 Å². The molecule has 0 N–H and O–H groups in total. The largest absolute Gasteiger partial charge is 0.467 e. The molecule has 3 rings (SSSR count). The van der Waals surface area contributed by atoms with Crippen molar-refractivity contribution in [1.82, 2.24) is 10.2 Å². The van der Waals surface area contributed by atoms with Gasteiger partial charge in [0.05, 0.1) is 24.3 Å². The van der Waals surface area contributed by atoms with Crippen LogP contribution < -0.4 is 4.90 Å². The maximum absolute atomic E-state index is 12.7. The van der Waals surface area contributed by atoms with Gasteiger partial charge in [-0.2, -0.15) is 11.8 Å². The Hall–Kier alpha value is -2.19. The van der Waals surface area contributed by atoms with E-state index in [4.69, 9.17) is 8.83 Å². The molecule has 130 valence electrons. The summed E-state index contributed by atoms with van der Waals surface area (Å²) >= 11 is 2.85. The van der Waals surface area contributed by atoms with Crippen LogP contribution in [-0.2, 0) is 17.1 Å². The molecule has 0 fully saturated rings. The van der Waals surface area contributed by atoms with Gasteiger partial charge in [-0.3, -0.25) is 4.79 Å². The van der Waals surface area contributed by atoms with Gasteiger partial charge in [-0.1, -0.05) is 30.0 Å². The second-order valence-electron chi connectivity index (χ2n) is 5.08. The number of hydrogen-bond acceptors (Lipinski definition) is 7. The predicted octanol–water partition coefficient (Wildman–Crippen LogP) is 3.85. The van der Waals surface area contributed by atoms with Crippen LogP contribution >= 0.6 is 23.5 Å². The highest BCUT2D eigenvalue weighted by atomic mass is 32.2. The molecule has 0 spiro atoms. The van der Waals surface area contributed by atoms with Crippen molar-refractivity contribution >= 4 is 35.1 Å². The Balaban J connectivity index is 1.68. The number of nitrogens with zero attached hydrogens (tertiary/aromatic N) is 3. The van der Waals surface area contributed by atoms with Gasteiger partial charge in [0.15, 0.2) is 0 Å². The molecule has 1 aromatic carbocycles. The molecule has 3 aromatic rings. The van der Waals surface area contributed by atoms with E-state index < -0.39 is 0 Å². The number of hydrogen-bond donors (Lipinski definition) is 0. The first kappa shape index (κ1) is 17.6. The summed E-state index contributed by atoms with van der Waals surface area (Å²) in [6, 6.07) is 13.2. The van der Waals surface area contributed by atoms with Crippen molar-refractivity contribution in [3.05, 3.63) is 60.4 Å². The highest BCUT2D eigenvalue weighted by molar-refractivity contribution is 7.99.